The van der Waals surface area contributed by atoms with Gasteiger partial charge in [-0.15, -0.1) is 0 Å². The number of benzene rings is 17. The molecule has 490 valence electrons. The number of anilines is 6. The van der Waals surface area contributed by atoms with Crippen LogP contribution in [0.2, 0.25) is 26.2 Å². The summed E-state index contributed by atoms with van der Waals surface area (Å²) < 4.78 is 15.0. The van der Waals surface area contributed by atoms with Crippen LogP contribution in [0.3, 0.4) is 0 Å². The molecule has 2 aromatic heterocycles. The maximum Gasteiger partial charge on any atom is 0.145 e. The molecule has 104 heavy (non-hydrogen) atoms. The molecule has 0 bridgehead atoms. The molecule has 0 N–H and O–H groups in total. The molecule has 6 heteroatoms. The summed E-state index contributed by atoms with van der Waals surface area (Å²) >= 11 is 0. The maximum atomic E-state index is 7.48. The van der Waals surface area contributed by atoms with Crippen molar-refractivity contribution in [3.05, 3.63) is 340 Å². The number of hydrogen-bond donors (Lipinski definition) is 0. The lowest BCUT2D eigenvalue weighted by Crippen LogP contribution is -2.51. The Kier molecular flexibility index (Phi) is 13.3. The third kappa shape index (κ3) is 9.08. The van der Waals surface area contributed by atoms with Crippen LogP contribution in [0.15, 0.2) is 349 Å². The Balaban J connectivity index is 0.748. The van der Waals surface area contributed by atoms with E-state index in [1.54, 1.807) is 0 Å². The summed E-state index contributed by atoms with van der Waals surface area (Å²) in [5.41, 5.74) is 24.7. The molecule has 4 heterocycles. The topological polar surface area (TPSA) is 32.8 Å². The van der Waals surface area contributed by atoms with Gasteiger partial charge in [0, 0.05) is 44.6 Å². The highest BCUT2D eigenvalue weighted by atomic mass is 28.3. The number of rotatable bonds is 10. The van der Waals surface area contributed by atoms with Crippen molar-refractivity contribution in [3.8, 4) is 66.8 Å². The fourth-order valence-electron chi connectivity index (χ4n) is 17.9. The molecule has 0 spiro atoms. The van der Waals surface area contributed by atoms with E-state index in [0.29, 0.717) is 0 Å². The Morgan fingerprint density at radius 1 is 0.231 bits per heavy atom. The summed E-state index contributed by atoms with van der Waals surface area (Å²) in [5.74, 6) is 0. The van der Waals surface area contributed by atoms with Gasteiger partial charge in [0.15, 0.2) is 0 Å². The number of nitrogens with zero attached hydrogens (tertiary/aromatic N) is 2. The summed E-state index contributed by atoms with van der Waals surface area (Å²) in [7, 11) is -5.22. The molecule has 2 aliphatic rings. The largest absolute Gasteiger partial charge is 0.455 e. The monoisotopic (exact) mass is 1360 g/mol. The minimum atomic E-state index is -2.61. The lowest BCUT2D eigenvalue weighted by molar-refractivity contribution is 0.670. The predicted molar refractivity (Wildman–Crippen MR) is 447 cm³/mol. The van der Waals surface area contributed by atoms with Gasteiger partial charge in [0.2, 0.25) is 0 Å². The number of para-hydroxylation sites is 2. The van der Waals surface area contributed by atoms with Crippen molar-refractivity contribution in [1.29, 1.82) is 0 Å². The first kappa shape index (κ1) is 60.2. The molecule has 0 saturated heterocycles. The first-order chi connectivity index (χ1) is 51.1. The molecule has 0 unspecified atom stereocenters. The van der Waals surface area contributed by atoms with Gasteiger partial charge < -0.3 is 18.6 Å². The van der Waals surface area contributed by atoms with Crippen LogP contribution in [-0.4, -0.2) is 16.1 Å². The van der Waals surface area contributed by atoms with Crippen LogP contribution in [-0.2, 0) is 0 Å². The van der Waals surface area contributed by atoms with Crippen molar-refractivity contribution in [1.82, 2.24) is 0 Å². The van der Waals surface area contributed by atoms with Gasteiger partial charge >= 0.3 is 0 Å². The molecule has 19 aromatic rings. The second-order valence-corrected chi connectivity index (χ2v) is 38.1. The van der Waals surface area contributed by atoms with E-state index in [9.17, 15) is 0 Å². The molecule has 2 aliphatic heterocycles. The lowest BCUT2D eigenvalue weighted by Gasteiger charge is -2.29. The maximum absolute atomic E-state index is 7.48. The highest BCUT2D eigenvalue weighted by molar-refractivity contribution is 7.06. The Bertz CT molecular complexity index is 6110. The summed E-state index contributed by atoms with van der Waals surface area (Å²) in [4.78, 5) is 5.00. The molecule has 17 aromatic carbocycles. The average molecular weight is 1360 g/mol. The van der Waals surface area contributed by atoms with Crippen LogP contribution >= 0.6 is 0 Å². The molecule has 0 amide bonds. The highest BCUT2D eigenvalue weighted by Crippen LogP contribution is 2.52. The summed E-state index contributed by atoms with van der Waals surface area (Å²) in [6, 6.07) is 126. The Labute approximate surface area is 605 Å². The summed E-state index contributed by atoms with van der Waals surface area (Å²) in [6.45, 7) is 10.3. The Morgan fingerprint density at radius 3 is 0.788 bits per heavy atom. The fourth-order valence-corrected chi connectivity index (χ4v) is 24.0. The van der Waals surface area contributed by atoms with Crippen molar-refractivity contribution in [2.24, 2.45) is 0 Å². The van der Waals surface area contributed by atoms with Crippen LogP contribution in [0.4, 0.5) is 34.1 Å². The van der Waals surface area contributed by atoms with Gasteiger partial charge in [-0.25, -0.2) is 0 Å². The van der Waals surface area contributed by atoms with Crippen LogP contribution in [0.1, 0.15) is 0 Å². The van der Waals surface area contributed by atoms with Crippen molar-refractivity contribution in [3.63, 3.8) is 0 Å². The zero-order valence-electron chi connectivity index (χ0n) is 58.0. The zero-order chi connectivity index (χ0) is 69.1. The Hall–Kier alpha value is -12.6. The van der Waals surface area contributed by atoms with Gasteiger partial charge in [-0.05, 0) is 192 Å². The van der Waals surface area contributed by atoms with Crippen molar-refractivity contribution < 1.29 is 8.83 Å². The van der Waals surface area contributed by atoms with Crippen LogP contribution in [0.5, 0.6) is 0 Å². The van der Waals surface area contributed by atoms with Crippen LogP contribution < -0.4 is 30.5 Å². The van der Waals surface area contributed by atoms with Crippen LogP contribution in [0, 0.1) is 0 Å². The minimum Gasteiger partial charge on any atom is -0.455 e. The molecule has 0 fully saturated rings. The zero-order valence-corrected chi connectivity index (χ0v) is 60.0. The van der Waals surface area contributed by atoms with Crippen molar-refractivity contribution >= 4 is 158 Å². The van der Waals surface area contributed by atoms with E-state index in [4.69, 9.17) is 8.83 Å². The number of furan rings is 2. The average Bonchev–Trinajstić information content (AvgIpc) is 1.52. The fraction of sp³-hybridized carbons (Fsp3) is 0.0408. The smallest absolute Gasteiger partial charge is 0.145 e. The normalized spacial score (nSPS) is 13.3. The molecule has 21 rings (SSSR count). The number of hydrogen-bond acceptors (Lipinski definition) is 4. The van der Waals surface area contributed by atoms with E-state index in [0.717, 1.165) is 78.0 Å². The van der Waals surface area contributed by atoms with Gasteiger partial charge in [0.05, 0.1) is 22.1 Å². The van der Waals surface area contributed by atoms with E-state index in [-0.39, 0.29) is 0 Å². The second-order valence-electron chi connectivity index (χ2n) is 29.4. The second kappa shape index (κ2) is 23.0. The molecule has 4 nitrogen and oxygen atoms in total. The van der Waals surface area contributed by atoms with E-state index in [2.05, 4.69) is 376 Å². The highest BCUT2D eigenvalue weighted by Gasteiger charge is 2.47. The lowest BCUT2D eigenvalue weighted by atomic mass is 9.95. The summed E-state index contributed by atoms with van der Waals surface area (Å²) in [5, 5.41) is 19.9. The van der Waals surface area contributed by atoms with Gasteiger partial charge in [-0.3, -0.25) is 0 Å². The van der Waals surface area contributed by atoms with Crippen molar-refractivity contribution in [2.45, 2.75) is 26.2 Å². The van der Waals surface area contributed by atoms with Gasteiger partial charge in [0.1, 0.15) is 38.5 Å². The third-order valence-electron chi connectivity index (χ3n) is 23.0. The molecule has 0 radical (unpaired) electrons. The first-order valence-electron chi connectivity index (χ1n) is 36.2. The first-order valence-corrected chi connectivity index (χ1v) is 42.2. The summed E-state index contributed by atoms with van der Waals surface area (Å²) in [6.07, 6.45) is 0. The molecular weight excluding hydrogens is 1290 g/mol. The van der Waals surface area contributed by atoms with Gasteiger partial charge in [-0.2, -0.15) is 0 Å². The van der Waals surface area contributed by atoms with Crippen LogP contribution in [0.25, 0.3) is 154 Å². The number of fused-ring (bicyclic) bond motifs is 18. The van der Waals surface area contributed by atoms with Gasteiger partial charge in [-0.1, -0.05) is 293 Å². The SMILES string of the molecule is C[Si]1(C)c2cc3c(cc2-c2c1cc(N(c1ccc(-c4cccc5ccccc45)cc1)c1ccc(-c4cccc5ccccc45)cc1)c1c2oc2ccccc21)[Si](C)(C)c1cc(N(c2ccc(-c4cccc5ccccc45)cc2)c2ccc(-c4cccc5ccccc45)cc2)c2c(oc4ccccc42)c1-3. The van der Waals surface area contributed by atoms with E-state index in [1.807, 2.05) is 0 Å². The van der Waals surface area contributed by atoms with E-state index >= 15 is 0 Å². The molecule has 0 saturated carbocycles. The molecular formula is C98H68N2O2Si2. The van der Waals surface area contributed by atoms with Gasteiger partial charge in [0.25, 0.3) is 0 Å². The standard InChI is InChI=1S/C98H68N2O2Si2/c1-103(2)89-57-84-90(58-83(89)95-91(103)59-85(93-81-33-13-15-39-87(81)101-97(93)95)99(69-49-41-65(42-50-69)77-35-17-25-61-21-5-9-29-73(61)77)70-51-43-66(44-52-70)78-36-18-26-62-22-6-10-30-74(62)78)104(3,4)92-60-86(94-82-34-14-16-40-88(82)102-98(94)96(84)92)100(71-53-45-67(46-54-71)79-37-19-27-63-23-7-11-31-75(63)79)72-55-47-68(48-56-72)80-38-20-28-64-24-8-12-32-76(64)80/h5-60H,1-4H3. The molecule has 0 atom stereocenters. The van der Waals surface area contributed by atoms with Crippen molar-refractivity contribution in [2.75, 3.05) is 9.80 Å². The minimum absolute atomic E-state index is 0.877. The third-order valence-corrected chi connectivity index (χ3v) is 30.0. The van der Waals surface area contributed by atoms with E-state index < -0.39 is 16.1 Å². The quantitative estimate of drug-likeness (QED) is 0.128. The Morgan fingerprint density at radius 2 is 0.490 bits per heavy atom. The molecule has 0 aliphatic carbocycles. The predicted octanol–water partition coefficient (Wildman–Crippen LogP) is 25.3. The van der Waals surface area contributed by atoms with E-state index in [1.165, 1.54) is 131 Å².